The maximum Gasteiger partial charge on any atom is 0.342 e. The van der Waals surface area contributed by atoms with Crippen LogP contribution >= 0.6 is 0 Å². The van der Waals surface area contributed by atoms with E-state index in [-0.39, 0.29) is 34.8 Å². The van der Waals surface area contributed by atoms with E-state index in [2.05, 4.69) is 0 Å². The molecule has 2 aromatic rings. The van der Waals surface area contributed by atoms with Crippen molar-refractivity contribution in [2.75, 3.05) is 0 Å². The summed E-state index contributed by atoms with van der Waals surface area (Å²) in [5, 5.41) is 19.2. The van der Waals surface area contributed by atoms with Crippen LogP contribution in [-0.4, -0.2) is 28.1 Å². The molecule has 0 aromatic heterocycles. The van der Waals surface area contributed by atoms with Gasteiger partial charge in [0.25, 0.3) is 0 Å². The lowest BCUT2D eigenvalue weighted by Crippen LogP contribution is -2.16. The van der Waals surface area contributed by atoms with Gasteiger partial charge in [-0.2, -0.15) is 0 Å². The Balaban J connectivity index is 1.89. The summed E-state index contributed by atoms with van der Waals surface area (Å²) >= 11 is 0. The third kappa shape index (κ3) is 4.32. The number of esters is 1. The second-order valence-corrected chi connectivity index (χ2v) is 5.21. The maximum absolute atomic E-state index is 12.0. The number of phenolic OH excluding ortho intramolecular Hbond substituents is 2. The number of rotatable bonds is 6. The van der Waals surface area contributed by atoms with Crippen LogP contribution in [0.15, 0.2) is 48.5 Å². The van der Waals surface area contributed by atoms with Crippen LogP contribution in [0.1, 0.15) is 40.5 Å². The van der Waals surface area contributed by atoms with Gasteiger partial charge < -0.3 is 14.9 Å². The molecule has 5 nitrogen and oxygen atoms in total. The summed E-state index contributed by atoms with van der Waals surface area (Å²) in [4.78, 5) is 24.0. The maximum atomic E-state index is 12.0. The molecule has 120 valence electrons. The number of aromatic hydroxyl groups is 2. The van der Waals surface area contributed by atoms with Crippen LogP contribution in [-0.2, 0) is 4.74 Å². The van der Waals surface area contributed by atoms with Gasteiger partial charge in [-0.15, -0.1) is 0 Å². The Morgan fingerprint density at radius 1 is 0.957 bits per heavy atom. The van der Waals surface area contributed by atoms with Crippen molar-refractivity contribution in [3.05, 3.63) is 59.7 Å². The van der Waals surface area contributed by atoms with Crippen molar-refractivity contribution >= 4 is 11.8 Å². The van der Waals surface area contributed by atoms with E-state index in [4.69, 9.17) is 4.74 Å². The summed E-state index contributed by atoms with van der Waals surface area (Å²) in [7, 11) is 0. The number of Topliss-reactive ketones (excluding diaryl/α,β-unsaturated/α-hetero) is 1. The van der Waals surface area contributed by atoms with Crippen LogP contribution in [0.25, 0.3) is 0 Å². The fourth-order valence-electron chi connectivity index (χ4n) is 2.13. The van der Waals surface area contributed by atoms with Gasteiger partial charge in [0, 0.05) is 6.42 Å². The van der Waals surface area contributed by atoms with Crippen LogP contribution in [0.5, 0.6) is 11.5 Å². The van der Waals surface area contributed by atoms with Gasteiger partial charge in [0.15, 0.2) is 5.78 Å². The van der Waals surface area contributed by atoms with Crippen molar-refractivity contribution in [3.8, 4) is 11.5 Å². The topological polar surface area (TPSA) is 83.8 Å². The largest absolute Gasteiger partial charge is 0.507 e. The molecule has 0 aliphatic heterocycles. The highest BCUT2D eigenvalue weighted by Crippen LogP contribution is 2.20. The van der Waals surface area contributed by atoms with E-state index < -0.39 is 12.1 Å². The Labute approximate surface area is 134 Å². The van der Waals surface area contributed by atoms with Crippen molar-refractivity contribution in [1.29, 1.82) is 0 Å². The van der Waals surface area contributed by atoms with Gasteiger partial charge in [0.2, 0.25) is 0 Å². The van der Waals surface area contributed by atoms with Crippen molar-refractivity contribution in [2.45, 2.75) is 25.9 Å². The van der Waals surface area contributed by atoms with Gasteiger partial charge in [-0.3, -0.25) is 4.79 Å². The summed E-state index contributed by atoms with van der Waals surface area (Å²) in [5.74, 6) is -1.05. The lowest BCUT2D eigenvalue weighted by molar-refractivity contribution is 0.0314. The predicted molar refractivity (Wildman–Crippen MR) is 84.7 cm³/mol. The van der Waals surface area contributed by atoms with Crippen molar-refractivity contribution in [1.82, 2.24) is 0 Å². The number of carbonyl (C=O) groups excluding carboxylic acids is 2. The fraction of sp³-hybridized carbons (Fsp3) is 0.222. The molecule has 5 heteroatoms. The number of hydrogen-bond donors (Lipinski definition) is 2. The molecule has 1 unspecified atom stereocenters. The van der Waals surface area contributed by atoms with E-state index in [1.54, 1.807) is 37.3 Å². The highest BCUT2D eigenvalue weighted by atomic mass is 16.5. The number of hydrogen-bond acceptors (Lipinski definition) is 5. The van der Waals surface area contributed by atoms with Crippen LogP contribution in [0.2, 0.25) is 0 Å². The predicted octanol–water partition coefficient (Wildman–Crippen LogP) is 3.31. The first kappa shape index (κ1) is 16.5. The molecule has 2 rings (SSSR count). The zero-order chi connectivity index (χ0) is 16.8. The lowest BCUT2D eigenvalue weighted by Gasteiger charge is -2.13. The van der Waals surface area contributed by atoms with E-state index in [9.17, 15) is 19.8 Å². The first-order valence-corrected chi connectivity index (χ1v) is 7.29. The average molecular weight is 314 g/mol. The van der Waals surface area contributed by atoms with Gasteiger partial charge in [-0.25, -0.2) is 4.79 Å². The molecular formula is C18H18O5. The molecular weight excluding hydrogens is 296 g/mol. The molecule has 0 aliphatic carbocycles. The molecule has 0 fully saturated rings. The SMILES string of the molecule is CC(CCC(=O)c1ccccc1O)OC(=O)c1ccccc1O. The molecule has 0 amide bonds. The van der Waals surface area contributed by atoms with E-state index in [0.717, 1.165) is 0 Å². The van der Waals surface area contributed by atoms with Crippen LogP contribution < -0.4 is 0 Å². The Hall–Kier alpha value is -2.82. The second kappa shape index (κ2) is 7.45. The Kier molecular flexibility index (Phi) is 5.36. The number of carbonyl (C=O) groups is 2. The van der Waals surface area contributed by atoms with Gasteiger partial charge in [0.1, 0.15) is 17.1 Å². The van der Waals surface area contributed by atoms with Gasteiger partial charge in [-0.05, 0) is 37.6 Å². The number of ether oxygens (including phenoxy) is 1. The number of phenols is 2. The van der Waals surface area contributed by atoms with Crippen LogP contribution in [0.3, 0.4) is 0 Å². The minimum absolute atomic E-state index is 0.0589. The molecule has 23 heavy (non-hydrogen) atoms. The third-order valence-electron chi connectivity index (χ3n) is 3.41. The zero-order valence-electron chi connectivity index (χ0n) is 12.7. The summed E-state index contributed by atoms with van der Waals surface area (Å²) in [6, 6.07) is 12.4. The first-order chi connectivity index (χ1) is 11.0. The smallest absolute Gasteiger partial charge is 0.342 e. The van der Waals surface area contributed by atoms with Gasteiger partial charge in [0.05, 0.1) is 11.7 Å². The quantitative estimate of drug-likeness (QED) is 0.631. The van der Waals surface area contributed by atoms with Crippen LogP contribution in [0, 0.1) is 0 Å². The molecule has 0 bridgehead atoms. The van der Waals surface area contributed by atoms with E-state index >= 15 is 0 Å². The molecule has 0 saturated heterocycles. The van der Waals surface area contributed by atoms with Gasteiger partial charge in [-0.1, -0.05) is 24.3 Å². The minimum Gasteiger partial charge on any atom is -0.507 e. The number of ketones is 1. The Morgan fingerprint density at radius 3 is 2.04 bits per heavy atom. The fourth-order valence-corrected chi connectivity index (χ4v) is 2.13. The summed E-state index contributed by atoms with van der Waals surface area (Å²) < 4.78 is 5.22. The minimum atomic E-state index is -0.634. The van der Waals surface area contributed by atoms with Crippen molar-refractivity contribution < 1.29 is 24.5 Å². The molecule has 2 aromatic carbocycles. The highest BCUT2D eigenvalue weighted by molar-refractivity contribution is 5.98. The molecule has 0 spiro atoms. The normalized spacial score (nSPS) is 11.7. The molecule has 0 saturated carbocycles. The number of para-hydroxylation sites is 2. The summed E-state index contributed by atoms with van der Waals surface area (Å²) in [6.45, 7) is 1.68. The summed E-state index contributed by atoms with van der Waals surface area (Å²) in [5.41, 5.74) is 0.345. The number of benzene rings is 2. The van der Waals surface area contributed by atoms with Crippen LogP contribution in [0.4, 0.5) is 0 Å². The average Bonchev–Trinajstić information content (AvgIpc) is 2.53. The highest BCUT2D eigenvalue weighted by Gasteiger charge is 2.17. The van der Waals surface area contributed by atoms with E-state index in [0.29, 0.717) is 6.42 Å². The standard InChI is InChI=1S/C18H18O5/c1-12(23-18(22)14-7-3-5-9-16(14)20)10-11-17(21)13-6-2-4-8-15(13)19/h2-9,12,19-20H,10-11H2,1H3. The Morgan fingerprint density at radius 2 is 1.48 bits per heavy atom. The first-order valence-electron chi connectivity index (χ1n) is 7.29. The monoisotopic (exact) mass is 314 g/mol. The zero-order valence-corrected chi connectivity index (χ0v) is 12.7. The molecule has 0 radical (unpaired) electrons. The van der Waals surface area contributed by atoms with E-state index in [1.807, 2.05) is 0 Å². The lowest BCUT2D eigenvalue weighted by atomic mass is 10.0. The second-order valence-electron chi connectivity index (χ2n) is 5.21. The molecule has 0 aliphatic rings. The molecule has 2 N–H and O–H groups in total. The molecule has 1 atom stereocenters. The van der Waals surface area contributed by atoms with Gasteiger partial charge >= 0.3 is 5.97 Å². The van der Waals surface area contributed by atoms with E-state index in [1.165, 1.54) is 18.2 Å². The third-order valence-corrected chi connectivity index (χ3v) is 3.41. The van der Waals surface area contributed by atoms with Crippen molar-refractivity contribution in [3.63, 3.8) is 0 Å². The van der Waals surface area contributed by atoms with Crippen molar-refractivity contribution in [2.24, 2.45) is 0 Å². The summed E-state index contributed by atoms with van der Waals surface area (Å²) in [6.07, 6.45) is -0.0174. The molecule has 0 heterocycles. The Bertz CT molecular complexity index is 708.